The molecule has 1 aromatic heterocycles. The summed E-state index contributed by atoms with van der Waals surface area (Å²) < 4.78 is 0. The smallest absolute Gasteiger partial charge is 0.156 e. The van der Waals surface area contributed by atoms with Crippen molar-refractivity contribution < 1.29 is 0 Å². The van der Waals surface area contributed by atoms with Gasteiger partial charge in [0.05, 0.1) is 0 Å². The van der Waals surface area contributed by atoms with Crippen LogP contribution in [0.3, 0.4) is 0 Å². The van der Waals surface area contributed by atoms with Crippen molar-refractivity contribution in [2.24, 2.45) is 5.73 Å². The lowest BCUT2D eigenvalue weighted by molar-refractivity contribution is 0.776. The van der Waals surface area contributed by atoms with Crippen LogP contribution < -0.4 is 11.1 Å². The number of fused-ring (bicyclic) bond motifs is 1. The van der Waals surface area contributed by atoms with Crippen LogP contribution in [-0.2, 0) is 0 Å². The van der Waals surface area contributed by atoms with Crippen LogP contribution in [0.2, 0.25) is 0 Å². The van der Waals surface area contributed by atoms with Crippen molar-refractivity contribution in [2.45, 2.75) is 13.0 Å². The van der Waals surface area contributed by atoms with Crippen LogP contribution >= 0.6 is 0 Å². The Labute approximate surface area is 124 Å². The summed E-state index contributed by atoms with van der Waals surface area (Å²) in [6.45, 7) is 2.63. The Kier molecular flexibility index (Phi) is 3.79. The molecule has 0 spiro atoms. The van der Waals surface area contributed by atoms with Crippen molar-refractivity contribution in [1.29, 1.82) is 0 Å². The molecule has 1 heterocycles. The average Bonchev–Trinajstić information content (AvgIpc) is 2.53. The molecule has 0 amide bonds. The Bertz CT molecular complexity index is 738. The molecule has 3 rings (SSSR count). The highest BCUT2D eigenvalue weighted by atomic mass is 15.2. The van der Waals surface area contributed by atoms with E-state index in [4.69, 9.17) is 5.73 Å². The van der Waals surface area contributed by atoms with Gasteiger partial charge in [0.25, 0.3) is 0 Å². The van der Waals surface area contributed by atoms with Gasteiger partial charge in [0.15, 0.2) is 5.82 Å². The molecule has 0 radical (unpaired) electrons. The molecule has 0 saturated carbocycles. The Morgan fingerprint density at radius 3 is 2.33 bits per heavy atom. The van der Waals surface area contributed by atoms with Gasteiger partial charge < -0.3 is 11.1 Å². The van der Waals surface area contributed by atoms with Gasteiger partial charge in [0.2, 0.25) is 0 Å². The lowest BCUT2D eigenvalue weighted by Crippen LogP contribution is -2.25. The van der Waals surface area contributed by atoms with E-state index in [1.54, 1.807) is 0 Å². The van der Waals surface area contributed by atoms with Crippen molar-refractivity contribution in [1.82, 2.24) is 10.2 Å². The Morgan fingerprint density at radius 2 is 1.62 bits per heavy atom. The summed E-state index contributed by atoms with van der Waals surface area (Å²) in [6.07, 6.45) is 0. The number of rotatable bonds is 4. The second-order valence-corrected chi connectivity index (χ2v) is 5.17. The van der Waals surface area contributed by atoms with Crippen molar-refractivity contribution in [2.75, 3.05) is 11.9 Å². The molecule has 0 aliphatic carbocycles. The molecule has 106 valence electrons. The number of benzene rings is 2. The molecule has 0 saturated heterocycles. The normalized spacial score (nSPS) is 12.3. The van der Waals surface area contributed by atoms with E-state index in [0.717, 1.165) is 27.8 Å². The fourth-order valence-electron chi connectivity index (χ4n) is 2.30. The van der Waals surface area contributed by atoms with E-state index in [9.17, 15) is 0 Å². The molecule has 0 aliphatic rings. The number of nitrogens with one attached hydrogen (secondary N) is 1. The van der Waals surface area contributed by atoms with Gasteiger partial charge in [-0.15, -0.1) is 10.2 Å². The maximum absolute atomic E-state index is 5.79. The zero-order chi connectivity index (χ0) is 14.7. The Hall–Kier alpha value is -2.46. The summed E-state index contributed by atoms with van der Waals surface area (Å²) in [4.78, 5) is 0. The fourth-order valence-corrected chi connectivity index (χ4v) is 2.30. The number of hydrogen-bond acceptors (Lipinski definition) is 4. The minimum absolute atomic E-state index is 0.0689. The van der Waals surface area contributed by atoms with Crippen LogP contribution in [0.25, 0.3) is 22.0 Å². The Morgan fingerprint density at radius 1 is 0.952 bits per heavy atom. The molecule has 3 N–H and O–H groups in total. The molecule has 2 aromatic carbocycles. The monoisotopic (exact) mass is 278 g/mol. The van der Waals surface area contributed by atoms with E-state index in [0.29, 0.717) is 6.54 Å². The van der Waals surface area contributed by atoms with Gasteiger partial charge in [-0.2, -0.15) is 0 Å². The van der Waals surface area contributed by atoms with E-state index < -0.39 is 0 Å². The second kappa shape index (κ2) is 5.89. The van der Waals surface area contributed by atoms with Gasteiger partial charge in [0.1, 0.15) is 5.69 Å². The highest BCUT2D eigenvalue weighted by Crippen LogP contribution is 2.29. The molecule has 4 nitrogen and oxygen atoms in total. The van der Waals surface area contributed by atoms with Gasteiger partial charge in [-0.05, 0) is 6.92 Å². The summed E-state index contributed by atoms with van der Waals surface area (Å²) in [5.74, 6) is 0.780. The van der Waals surface area contributed by atoms with Crippen LogP contribution in [-0.4, -0.2) is 22.8 Å². The molecular weight excluding hydrogens is 260 g/mol. The van der Waals surface area contributed by atoms with E-state index in [2.05, 4.69) is 27.6 Å². The molecule has 21 heavy (non-hydrogen) atoms. The maximum Gasteiger partial charge on any atom is 0.156 e. The van der Waals surface area contributed by atoms with Crippen LogP contribution in [0.5, 0.6) is 0 Å². The van der Waals surface area contributed by atoms with Crippen molar-refractivity contribution in [3.05, 3.63) is 54.6 Å². The van der Waals surface area contributed by atoms with Crippen molar-refractivity contribution >= 4 is 16.6 Å². The minimum Gasteiger partial charge on any atom is -0.367 e. The standard InChI is InChI=1S/C17H18N4/c1-12(18)11-19-17-15-10-6-5-9-14(15)16(20-21-17)13-7-3-2-4-8-13/h2-10,12H,11,18H2,1H3,(H,19,21)/t12-/m0/s1. The largest absolute Gasteiger partial charge is 0.367 e. The molecule has 0 unspecified atom stereocenters. The number of aromatic nitrogens is 2. The second-order valence-electron chi connectivity index (χ2n) is 5.17. The van der Waals surface area contributed by atoms with Crippen LogP contribution in [0.4, 0.5) is 5.82 Å². The third-order valence-electron chi connectivity index (χ3n) is 3.33. The van der Waals surface area contributed by atoms with Gasteiger partial charge in [-0.25, -0.2) is 0 Å². The first-order valence-electron chi connectivity index (χ1n) is 7.06. The molecule has 4 heteroatoms. The minimum atomic E-state index is 0.0689. The van der Waals surface area contributed by atoms with Crippen molar-refractivity contribution in [3.8, 4) is 11.3 Å². The third-order valence-corrected chi connectivity index (χ3v) is 3.33. The first-order valence-corrected chi connectivity index (χ1v) is 7.06. The van der Waals surface area contributed by atoms with Crippen LogP contribution in [0, 0.1) is 0 Å². The summed E-state index contributed by atoms with van der Waals surface area (Å²) in [7, 11) is 0. The van der Waals surface area contributed by atoms with Gasteiger partial charge >= 0.3 is 0 Å². The zero-order valence-electron chi connectivity index (χ0n) is 12.0. The number of hydrogen-bond donors (Lipinski definition) is 2. The topological polar surface area (TPSA) is 63.8 Å². The molecule has 0 fully saturated rings. The predicted octanol–water partition coefficient (Wildman–Crippen LogP) is 3.06. The summed E-state index contributed by atoms with van der Waals surface area (Å²) in [5, 5.41) is 14.2. The maximum atomic E-state index is 5.79. The highest BCUT2D eigenvalue weighted by Gasteiger charge is 2.10. The first-order chi connectivity index (χ1) is 10.3. The molecule has 3 aromatic rings. The van der Waals surface area contributed by atoms with E-state index in [1.807, 2.05) is 49.4 Å². The van der Waals surface area contributed by atoms with Gasteiger partial charge in [-0.1, -0.05) is 54.6 Å². The predicted molar refractivity (Wildman–Crippen MR) is 87.1 cm³/mol. The molecular formula is C17H18N4. The summed E-state index contributed by atoms with van der Waals surface area (Å²) in [6, 6.07) is 18.3. The van der Waals surface area contributed by atoms with Crippen LogP contribution in [0.15, 0.2) is 54.6 Å². The third kappa shape index (κ3) is 2.85. The van der Waals surface area contributed by atoms with Gasteiger partial charge in [-0.3, -0.25) is 0 Å². The zero-order valence-corrected chi connectivity index (χ0v) is 12.0. The first kappa shape index (κ1) is 13.5. The Balaban J connectivity index is 2.11. The SMILES string of the molecule is C[C@H](N)CNc1nnc(-c2ccccc2)c2ccccc12. The number of anilines is 1. The van der Waals surface area contributed by atoms with E-state index >= 15 is 0 Å². The number of nitrogens with zero attached hydrogens (tertiary/aromatic N) is 2. The lowest BCUT2D eigenvalue weighted by atomic mass is 10.0. The van der Waals surface area contributed by atoms with Crippen LogP contribution in [0.1, 0.15) is 6.92 Å². The molecule has 1 atom stereocenters. The average molecular weight is 278 g/mol. The quantitative estimate of drug-likeness (QED) is 0.770. The molecule has 0 bridgehead atoms. The van der Waals surface area contributed by atoms with E-state index in [-0.39, 0.29) is 6.04 Å². The number of nitrogens with two attached hydrogens (primary N) is 1. The molecule has 0 aliphatic heterocycles. The highest BCUT2D eigenvalue weighted by molar-refractivity contribution is 5.99. The fraction of sp³-hybridized carbons (Fsp3) is 0.176. The van der Waals surface area contributed by atoms with Crippen molar-refractivity contribution in [3.63, 3.8) is 0 Å². The lowest BCUT2D eigenvalue weighted by Gasteiger charge is -2.12. The van der Waals surface area contributed by atoms with Gasteiger partial charge in [0, 0.05) is 28.9 Å². The summed E-state index contributed by atoms with van der Waals surface area (Å²) >= 11 is 0. The van der Waals surface area contributed by atoms with E-state index in [1.165, 1.54) is 0 Å². The summed E-state index contributed by atoms with van der Waals surface area (Å²) in [5.41, 5.74) is 7.76.